The standard InChI is InChI=1S/C21H20FNO5S/c1-4-13-8-17(29(25)26)11-23-21(13)28-20-12(2)15(9-19(24)27-3)7-14-5-6-16(22)10-18(14)20/h5-8,10-11H,4,9H2,1-3H3,(H,25,26)/p-1. The molecule has 0 amide bonds. The molecule has 152 valence electrons. The molecule has 6 nitrogen and oxygen atoms in total. The molecule has 0 bridgehead atoms. The van der Waals surface area contributed by atoms with Crippen LogP contribution in [-0.4, -0.2) is 26.8 Å². The van der Waals surface area contributed by atoms with Crippen LogP contribution in [0, 0.1) is 12.7 Å². The van der Waals surface area contributed by atoms with E-state index in [0.29, 0.717) is 39.6 Å². The molecule has 1 atom stereocenters. The van der Waals surface area contributed by atoms with E-state index in [1.165, 1.54) is 31.5 Å². The molecule has 8 heteroatoms. The van der Waals surface area contributed by atoms with Gasteiger partial charge < -0.3 is 14.0 Å². The maximum atomic E-state index is 13.9. The van der Waals surface area contributed by atoms with Crippen LogP contribution in [0.5, 0.6) is 11.6 Å². The van der Waals surface area contributed by atoms with E-state index in [-0.39, 0.29) is 17.2 Å². The summed E-state index contributed by atoms with van der Waals surface area (Å²) in [7, 11) is 1.31. The van der Waals surface area contributed by atoms with Gasteiger partial charge in [-0.25, -0.2) is 9.37 Å². The number of fused-ring (bicyclic) bond motifs is 1. The Bertz CT molecular complexity index is 1120. The summed E-state index contributed by atoms with van der Waals surface area (Å²) >= 11 is -2.41. The number of methoxy groups -OCH3 is 1. The van der Waals surface area contributed by atoms with Crippen molar-refractivity contribution in [2.75, 3.05) is 7.11 Å². The lowest BCUT2D eigenvalue weighted by Gasteiger charge is -2.17. The second-order valence-corrected chi connectivity index (χ2v) is 7.37. The Morgan fingerprint density at radius 1 is 1.24 bits per heavy atom. The molecule has 0 radical (unpaired) electrons. The summed E-state index contributed by atoms with van der Waals surface area (Å²) in [6, 6.07) is 7.58. The lowest BCUT2D eigenvalue weighted by molar-refractivity contribution is -0.139. The molecule has 3 rings (SSSR count). The van der Waals surface area contributed by atoms with Crippen LogP contribution in [-0.2, 0) is 33.5 Å². The molecule has 0 saturated heterocycles. The normalized spacial score (nSPS) is 12.0. The van der Waals surface area contributed by atoms with E-state index in [1.54, 1.807) is 19.1 Å². The number of pyridine rings is 1. The van der Waals surface area contributed by atoms with Gasteiger partial charge in [-0.1, -0.05) is 19.1 Å². The van der Waals surface area contributed by atoms with Gasteiger partial charge in [0.25, 0.3) is 0 Å². The Morgan fingerprint density at radius 3 is 2.66 bits per heavy atom. The summed E-state index contributed by atoms with van der Waals surface area (Å²) < 4.78 is 47.2. The van der Waals surface area contributed by atoms with Crippen molar-refractivity contribution < 1.29 is 27.4 Å². The number of esters is 1. The van der Waals surface area contributed by atoms with E-state index >= 15 is 0 Å². The van der Waals surface area contributed by atoms with Crippen LogP contribution in [0.25, 0.3) is 10.8 Å². The smallest absolute Gasteiger partial charge is 0.309 e. The molecule has 2 aromatic carbocycles. The fourth-order valence-corrected chi connectivity index (χ4v) is 3.42. The number of ether oxygens (including phenoxy) is 2. The number of halogens is 1. The molecule has 29 heavy (non-hydrogen) atoms. The van der Waals surface area contributed by atoms with Gasteiger partial charge in [0.05, 0.1) is 13.5 Å². The molecule has 1 heterocycles. The van der Waals surface area contributed by atoms with Gasteiger partial charge >= 0.3 is 5.97 Å². The fraction of sp³-hybridized carbons (Fsp3) is 0.238. The SMILES string of the molecule is CCc1cc(S(=O)[O-])cnc1Oc1c(C)c(CC(=O)OC)cc2ccc(F)cc12. The lowest BCUT2D eigenvalue weighted by atomic mass is 9.98. The zero-order valence-corrected chi connectivity index (χ0v) is 17.0. The number of carbonyl (C=O) groups is 1. The molecule has 1 unspecified atom stereocenters. The first-order valence-electron chi connectivity index (χ1n) is 8.88. The Labute approximate surface area is 170 Å². The molecule has 0 saturated carbocycles. The first-order chi connectivity index (χ1) is 13.8. The number of aromatic nitrogens is 1. The van der Waals surface area contributed by atoms with Crippen LogP contribution in [0.4, 0.5) is 4.39 Å². The fourth-order valence-electron chi connectivity index (χ4n) is 3.05. The van der Waals surface area contributed by atoms with Gasteiger partial charge in [-0.15, -0.1) is 0 Å². The molecule has 0 aliphatic heterocycles. The summed E-state index contributed by atoms with van der Waals surface area (Å²) in [5.41, 5.74) is 1.92. The average Bonchev–Trinajstić information content (AvgIpc) is 2.71. The van der Waals surface area contributed by atoms with E-state index in [2.05, 4.69) is 4.98 Å². The summed E-state index contributed by atoms with van der Waals surface area (Å²) in [6.45, 7) is 3.62. The second kappa shape index (κ2) is 8.67. The highest BCUT2D eigenvalue weighted by Crippen LogP contribution is 2.37. The van der Waals surface area contributed by atoms with Gasteiger partial charge in [-0.3, -0.25) is 9.00 Å². The molecule has 3 aromatic rings. The van der Waals surface area contributed by atoms with Crippen molar-refractivity contribution in [1.29, 1.82) is 0 Å². The molecular formula is C21H19FNO5S-. The predicted molar refractivity (Wildman–Crippen MR) is 105 cm³/mol. The van der Waals surface area contributed by atoms with E-state index in [0.717, 1.165) is 0 Å². The van der Waals surface area contributed by atoms with Crippen LogP contribution in [0.15, 0.2) is 41.4 Å². The number of nitrogens with zero attached hydrogens (tertiary/aromatic N) is 1. The van der Waals surface area contributed by atoms with Gasteiger partial charge in [0.2, 0.25) is 5.88 Å². The average molecular weight is 416 g/mol. The number of hydrogen-bond acceptors (Lipinski definition) is 6. The topological polar surface area (TPSA) is 88.5 Å². The van der Waals surface area contributed by atoms with Gasteiger partial charge in [0.1, 0.15) is 11.6 Å². The molecule has 0 N–H and O–H groups in total. The van der Waals surface area contributed by atoms with Crippen LogP contribution in [0.1, 0.15) is 23.6 Å². The molecular weight excluding hydrogens is 397 g/mol. The number of carbonyl (C=O) groups excluding carboxylic acids is 1. The highest BCUT2D eigenvalue weighted by atomic mass is 32.2. The van der Waals surface area contributed by atoms with E-state index in [1.807, 2.05) is 6.92 Å². The number of rotatable bonds is 6. The van der Waals surface area contributed by atoms with Crippen molar-refractivity contribution in [1.82, 2.24) is 4.98 Å². The van der Waals surface area contributed by atoms with Crippen molar-refractivity contribution in [2.24, 2.45) is 0 Å². The van der Waals surface area contributed by atoms with Crippen molar-refractivity contribution in [3.63, 3.8) is 0 Å². The Morgan fingerprint density at radius 2 is 2.00 bits per heavy atom. The Hall–Kier alpha value is -2.84. The monoisotopic (exact) mass is 416 g/mol. The lowest BCUT2D eigenvalue weighted by Crippen LogP contribution is -2.07. The maximum absolute atomic E-state index is 13.9. The van der Waals surface area contributed by atoms with Gasteiger partial charge in [0, 0.05) is 22.0 Å². The molecule has 0 aliphatic carbocycles. The predicted octanol–water partition coefficient (Wildman–Crippen LogP) is 3.99. The van der Waals surface area contributed by atoms with Crippen LogP contribution in [0.2, 0.25) is 0 Å². The van der Waals surface area contributed by atoms with Crippen LogP contribution < -0.4 is 4.74 Å². The van der Waals surface area contributed by atoms with E-state index in [9.17, 15) is 17.9 Å². The first-order valence-corrected chi connectivity index (χ1v) is 9.96. The molecule has 0 fully saturated rings. The number of hydrogen-bond donors (Lipinski definition) is 0. The third-order valence-corrected chi connectivity index (χ3v) is 5.25. The zero-order chi connectivity index (χ0) is 21.1. The summed E-state index contributed by atoms with van der Waals surface area (Å²) in [5, 5.41) is 1.22. The third kappa shape index (κ3) is 4.44. The quantitative estimate of drug-likeness (QED) is 0.446. The van der Waals surface area contributed by atoms with Crippen molar-refractivity contribution in [2.45, 2.75) is 31.6 Å². The minimum Gasteiger partial charge on any atom is -0.768 e. The van der Waals surface area contributed by atoms with Gasteiger partial charge in [0.15, 0.2) is 0 Å². The van der Waals surface area contributed by atoms with Crippen molar-refractivity contribution in [3.05, 3.63) is 59.0 Å². The maximum Gasteiger partial charge on any atom is 0.309 e. The minimum atomic E-state index is -2.41. The van der Waals surface area contributed by atoms with Gasteiger partial charge in [-0.05, 0) is 59.1 Å². The molecule has 0 spiro atoms. The molecule has 1 aromatic heterocycles. The largest absolute Gasteiger partial charge is 0.768 e. The molecule has 0 aliphatic rings. The van der Waals surface area contributed by atoms with Crippen LogP contribution in [0.3, 0.4) is 0 Å². The summed E-state index contributed by atoms with van der Waals surface area (Å²) in [6.07, 6.45) is 1.72. The number of benzene rings is 2. The van der Waals surface area contributed by atoms with Crippen molar-refractivity contribution >= 4 is 27.8 Å². The first kappa shape index (κ1) is 20.9. The van der Waals surface area contributed by atoms with Crippen LogP contribution >= 0.6 is 0 Å². The Balaban J connectivity index is 2.17. The van der Waals surface area contributed by atoms with Gasteiger partial charge in [-0.2, -0.15) is 0 Å². The summed E-state index contributed by atoms with van der Waals surface area (Å²) in [5.74, 6) is -0.247. The third-order valence-electron chi connectivity index (χ3n) is 4.65. The van der Waals surface area contributed by atoms with E-state index in [4.69, 9.17) is 9.47 Å². The zero-order valence-electron chi connectivity index (χ0n) is 16.2. The minimum absolute atomic E-state index is 0.0359. The van der Waals surface area contributed by atoms with Crippen molar-refractivity contribution in [3.8, 4) is 11.6 Å². The summed E-state index contributed by atoms with van der Waals surface area (Å²) in [4.78, 5) is 16.0. The number of aryl methyl sites for hydroxylation is 1. The van der Waals surface area contributed by atoms with E-state index < -0.39 is 22.9 Å². The Kier molecular flexibility index (Phi) is 6.24. The highest BCUT2D eigenvalue weighted by molar-refractivity contribution is 7.79. The highest BCUT2D eigenvalue weighted by Gasteiger charge is 2.17. The second-order valence-electron chi connectivity index (χ2n) is 6.43.